The lowest BCUT2D eigenvalue weighted by molar-refractivity contribution is 0.528. The minimum absolute atomic E-state index is 0.0599. The second-order valence-electron chi connectivity index (χ2n) is 5.36. The summed E-state index contributed by atoms with van der Waals surface area (Å²) in [5, 5.41) is 0. The molecule has 0 saturated heterocycles. The smallest absolute Gasteiger partial charge is 0.408 e. The minimum atomic E-state index is -3.76. The number of hydrogen-bond donors (Lipinski definition) is 0. The van der Waals surface area contributed by atoms with E-state index in [9.17, 15) is 17.6 Å². The standard InChI is InChI=1S/C16H14FNO4S/c1-10-7-14-13(18(2)16(19)22-14)8-15(10)23(20,21)9-11-5-3-4-6-12(11)17/h3-8H,9H2,1-2H3. The number of rotatable bonds is 3. The molecule has 0 fully saturated rings. The fourth-order valence-electron chi connectivity index (χ4n) is 2.49. The lowest BCUT2D eigenvalue weighted by atomic mass is 10.2. The zero-order chi connectivity index (χ0) is 16.8. The predicted molar refractivity (Wildman–Crippen MR) is 83.5 cm³/mol. The maximum atomic E-state index is 13.7. The van der Waals surface area contributed by atoms with Gasteiger partial charge in [-0.1, -0.05) is 18.2 Å². The summed E-state index contributed by atoms with van der Waals surface area (Å²) in [7, 11) is -2.27. The molecule has 3 aromatic rings. The normalized spacial score (nSPS) is 12.0. The molecular weight excluding hydrogens is 321 g/mol. The Kier molecular flexibility index (Phi) is 3.60. The topological polar surface area (TPSA) is 69.3 Å². The van der Waals surface area contributed by atoms with Crippen LogP contribution in [0, 0.1) is 12.7 Å². The van der Waals surface area contributed by atoms with Crippen LogP contribution >= 0.6 is 0 Å². The summed E-state index contributed by atoms with van der Waals surface area (Å²) < 4.78 is 45.3. The first-order valence-corrected chi connectivity index (χ1v) is 8.51. The van der Waals surface area contributed by atoms with E-state index in [1.807, 2.05) is 0 Å². The van der Waals surface area contributed by atoms with Crippen molar-refractivity contribution in [3.8, 4) is 0 Å². The van der Waals surface area contributed by atoms with Crippen LogP contribution in [0.5, 0.6) is 0 Å². The summed E-state index contributed by atoms with van der Waals surface area (Å²) in [6.45, 7) is 1.61. The van der Waals surface area contributed by atoms with Crippen molar-refractivity contribution in [2.45, 2.75) is 17.6 Å². The third-order valence-corrected chi connectivity index (χ3v) is 5.53. The van der Waals surface area contributed by atoms with Crippen LogP contribution < -0.4 is 5.76 Å². The Morgan fingerprint density at radius 1 is 1.22 bits per heavy atom. The molecule has 0 aliphatic rings. The van der Waals surface area contributed by atoms with Crippen LogP contribution in [0.3, 0.4) is 0 Å². The summed E-state index contributed by atoms with van der Waals surface area (Å²) in [5.74, 6) is -1.58. The maximum absolute atomic E-state index is 13.7. The van der Waals surface area contributed by atoms with E-state index in [0.717, 1.165) is 0 Å². The number of aromatic nitrogens is 1. The van der Waals surface area contributed by atoms with Crippen LogP contribution in [0.1, 0.15) is 11.1 Å². The average Bonchev–Trinajstić information content (AvgIpc) is 2.75. The monoisotopic (exact) mass is 335 g/mol. The molecule has 0 bridgehead atoms. The zero-order valence-electron chi connectivity index (χ0n) is 12.5. The molecule has 1 aromatic heterocycles. The Balaban J connectivity index is 2.15. The molecule has 0 amide bonds. The van der Waals surface area contributed by atoms with Gasteiger partial charge in [-0.05, 0) is 30.7 Å². The fourth-order valence-corrected chi connectivity index (χ4v) is 4.13. The van der Waals surface area contributed by atoms with Crippen LogP contribution in [0.4, 0.5) is 4.39 Å². The summed E-state index contributed by atoms with van der Waals surface area (Å²) >= 11 is 0. The molecule has 0 unspecified atom stereocenters. The van der Waals surface area contributed by atoms with Crippen molar-refractivity contribution >= 4 is 20.9 Å². The zero-order valence-corrected chi connectivity index (χ0v) is 13.4. The Hall–Kier alpha value is -2.41. The second kappa shape index (κ2) is 5.34. The Morgan fingerprint density at radius 2 is 1.91 bits per heavy atom. The second-order valence-corrected chi connectivity index (χ2v) is 7.32. The minimum Gasteiger partial charge on any atom is -0.408 e. The lowest BCUT2D eigenvalue weighted by Crippen LogP contribution is -2.10. The molecule has 0 spiro atoms. The van der Waals surface area contributed by atoms with Crippen LogP contribution in [0.25, 0.3) is 11.1 Å². The van der Waals surface area contributed by atoms with Gasteiger partial charge in [0.25, 0.3) is 0 Å². The maximum Gasteiger partial charge on any atom is 0.419 e. The van der Waals surface area contributed by atoms with Crippen LogP contribution in [0.15, 0.2) is 50.5 Å². The molecule has 0 radical (unpaired) electrons. The number of fused-ring (bicyclic) bond motifs is 1. The fraction of sp³-hybridized carbons (Fsp3) is 0.188. The molecule has 0 aliphatic heterocycles. The van der Waals surface area contributed by atoms with E-state index < -0.39 is 27.2 Å². The van der Waals surface area contributed by atoms with Crippen LogP contribution in [-0.4, -0.2) is 13.0 Å². The summed E-state index contributed by atoms with van der Waals surface area (Å²) in [6, 6.07) is 8.65. The molecule has 120 valence electrons. The molecule has 7 heteroatoms. The van der Waals surface area contributed by atoms with Gasteiger partial charge < -0.3 is 4.42 Å². The summed E-state index contributed by atoms with van der Waals surface area (Å²) in [5.41, 5.74) is 1.25. The first-order valence-electron chi connectivity index (χ1n) is 6.86. The van der Waals surface area contributed by atoms with E-state index >= 15 is 0 Å². The van der Waals surface area contributed by atoms with Gasteiger partial charge in [0.15, 0.2) is 15.4 Å². The number of halogens is 1. The molecule has 0 saturated carbocycles. The molecule has 3 rings (SSSR count). The molecule has 0 aliphatic carbocycles. The van der Waals surface area contributed by atoms with Gasteiger partial charge in [-0.3, -0.25) is 4.57 Å². The van der Waals surface area contributed by atoms with Gasteiger partial charge in [-0.15, -0.1) is 0 Å². The highest BCUT2D eigenvalue weighted by Crippen LogP contribution is 2.26. The van der Waals surface area contributed by atoms with Crippen molar-refractivity contribution in [1.29, 1.82) is 0 Å². The lowest BCUT2D eigenvalue weighted by Gasteiger charge is -2.09. The molecule has 0 N–H and O–H groups in total. The first-order chi connectivity index (χ1) is 10.8. The van der Waals surface area contributed by atoms with Gasteiger partial charge in [-0.25, -0.2) is 17.6 Å². The van der Waals surface area contributed by atoms with Crippen LogP contribution in [0.2, 0.25) is 0 Å². The van der Waals surface area contributed by atoms with E-state index in [4.69, 9.17) is 4.42 Å². The number of oxazole rings is 1. The van der Waals surface area contributed by atoms with Gasteiger partial charge in [0.05, 0.1) is 16.2 Å². The summed E-state index contributed by atoms with van der Waals surface area (Å²) in [4.78, 5) is 11.6. The van der Waals surface area contributed by atoms with Crippen molar-refractivity contribution < 1.29 is 17.2 Å². The number of benzene rings is 2. The van der Waals surface area contributed by atoms with E-state index in [1.54, 1.807) is 13.0 Å². The van der Waals surface area contributed by atoms with E-state index in [1.165, 1.54) is 41.9 Å². The Labute approximate surface area is 131 Å². The molecule has 23 heavy (non-hydrogen) atoms. The highest BCUT2D eigenvalue weighted by atomic mass is 32.2. The number of sulfone groups is 1. The van der Waals surface area contributed by atoms with E-state index in [-0.39, 0.29) is 10.5 Å². The number of aryl methyl sites for hydroxylation is 2. The molecular formula is C16H14FNO4S. The SMILES string of the molecule is Cc1cc2oc(=O)n(C)c2cc1S(=O)(=O)Cc1ccccc1F. The Bertz CT molecular complexity index is 1060. The van der Waals surface area contributed by atoms with E-state index in [0.29, 0.717) is 16.7 Å². The third-order valence-electron chi connectivity index (χ3n) is 3.73. The Morgan fingerprint density at radius 3 is 2.61 bits per heavy atom. The van der Waals surface area contributed by atoms with Crippen molar-refractivity contribution in [3.05, 3.63) is 63.9 Å². The largest absolute Gasteiger partial charge is 0.419 e. The number of hydrogen-bond acceptors (Lipinski definition) is 4. The summed E-state index contributed by atoms with van der Waals surface area (Å²) in [6.07, 6.45) is 0. The van der Waals surface area contributed by atoms with Gasteiger partial charge in [0.2, 0.25) is 0 Å². The molecule has 1 heterocycles. The van der Waals surface area contributed by atoms with Crippen molar-refractivity contribution in [1.82, 2.24) is 4.57 Å². The van der Waals surface area contributed by atoms with Crippen molar-refractivity contribution in [2.75, 3.05) is 0 Å². The quantitative estimate of drug-likeness (QED) is 0.737. The third kappa shape index (κ3) is 2.68. The van der Waals surface area contributed by atoms with Gasteiger partial charge in [0.1, 0.15) is 5.82 Å². The van der Waals surface area contributed by atoms with Gasteiger partial charge in [-0.2, -0.15) is 0 Å². The van der Waals surface area contributed by atoms with Crippen molar-refractivity contribution in [2.24, 2.45) is 7.05 Å². The average molecular weight is 335 g/mol. The molecule has 5 nitrogen and oxygen atoms in total. The highest BCUT2D eigenvalue weighted by Gasteiger charge is 2.22. The van der Waals surface area contributed by atoms with Crippen LogP contribution in [-0.2, 0) is 22.6 Å². The van der Waals surface area contributed by atoms with Gasteiger partial charge >= 0.3 is 5.76 Å². The van der Waals surface area contributed by atoms with E-state index in [2.05, 4.69) is 0 Å². The molecule has 0 atom stereocenters. The highest BCUT2D eigenvalue weighted by molar-refractivity contribution is 7.90. The van der Waals surface area contributed by atoms with Gasteiger partial charge in [0, 0.05) is 12.6 Å². The molecule has 2 aromatic carbocycles. The van der Waals surface area contributed by atoms with Crippen molar-refractivity contribution in [3.63, 3.8) is 0 Å². The first kappa shape index (κ1) is 15.5. The predicted octanol–water partition coefficient (Wildman–Crippen LogP) is 2.55. The number of nitrogens with zero attached hydrogens (tertiary/aromatic N) is 1.